The summed E-state index contributed by atoms with van der Waals surface area (Å²) < 4.78 is 8.82. The van der Waals surface area contributed by atoms with Crippen LogP contribution in [-0.4, -0.2) is 43.3 Å². The van der Waals surface area contributed by atoms with E-state index in [1.165, 1.54) is 21.1 Å². The number of rotatable bonds is 7. The van der Waals surface area contributed by atoms with Crippen molar-refractivity contribution in [2.45, 2.75) is 25.8 Å². The van der Waals surface area contributed by atoms with Crippen LogP contribution in [0.5, 0.6) is 0 Å². The van der Waals surface area contributed by atoms with Crippen molar-refractivity contribution in [2.24, 2.45) is 0 Å². The van der Waals surface area contributed by atoms with Gasteiger partial charge in [0.1, 0.15) is 6.04 Å². The Morgan fingerprint density at radius 3 is 2.33 bits per heavy atom. The summed E-state index contributed by atoms with van der Waals surface area (Å²) in [4.78, 5) is 32.8. The van der Waals surface area contributed by atoms with Gasteiger partial charge in [0.2, 0.25) is 0 Å². The SMILES string of the molecule is COC(=O)/C=C(/C)N[C@@H](CCC(=O)OC)C(=O)O. The molecule has 0 aliphatic carbocycles. The van der Waals surface area contributed by atoms with Gasteiger partial charge in [0.25, 0.3) is 0 Å². The molecule has 7 heteroatoms. The fourth-order valence-corrected chi connectivity index (χ4v) is 1.17. The Morgan fingerprint density at radius 2 is 1.89 bits per heavy atom. The molecule has 0 aromatic rings. The number of esters is 2. The maximum atomic E-state index is 10.9. The molecule has 102 valence electrons. The van der Waals surface area contributed by atoms with E-state index in [9.17, 15) is 14.4 Å². The van der Waals surface area contributed by atoms with Crippen molar-refractivity contribution in [1.82, 2.24) is 5.32 Å². The third-order valence-electron chi connectivity index (χ3n) is 2.10. The molecule has 7 nitrogen and oxygen atoms in total. The minimum absolute atomic E-state index is 0.0219. The smallest absolute Gasteiger partial charge is 0.332 e. The maximum Gasteiger partial charge on any atom is 0.332 e. The second-order valence-electron chi connectivity index (χ2n) is 3.50. The van der Waals surface area contributed by atoms with E-state index in [2.05, 4.69) is 14.8 Å². The molecule has 0 rings (SSSR count). The molecule has 0 saturated carbocycles. The number of carboxylic acids is 1. The third kappa shape index (κ3) is 6.51. The van der Waals surface area contributed by atoms with E-state index in [0.717, 1.165) is 6.08 Å². The number of methoxy groups -OCH3 is 2. The van der Waals surface area contributed by atoms with Crippen LogP contribution in [0.1, 0.15) is 19.8 Å². The van der Waals surface area contributed by atoms with Crippen LogP contribution in [0.25, 0.3) is 0 Å². The Balaban J connectivity index is 4.45. The maximum absolute atomic E-state index is 10.9. The van der Waals surface area contributed by atoms with E-state index < -0.39 is 23.9 Å². The highest BCUT2D eigenvalue weighted by Gasteiger charge is 2.18. The van der Waals surface area contributed by atoms with Crippen LogP contribution in [0.4, 0.5) is 0 Å². The Hall–Kier alpha value is -2.05. The fraction of sp³-hybridized carbons (Fsp3) is 0.545. The molecule has 1 atom stereocenters. The average Bonchev–Trinajstić information content (AvgIpc) is 2.33. The molecule has 0 aromatic carbocycles. The molecule has 0 radical (unpaired) electrons. The second kappa shape index (κ2) is 8.10. The summed E-state index contributed by atoms with van der Waals surface area (Å²) in [5.74, 6) is -2.19. The predicted molar refractivity (Wildman–Crippen MR) is 61.6 cm³/mol. The quantitative estimate of drug-likeness (QED) is 0.492. The summed E-state index contributed by atoms with van der Waals surface area (Å²) in [7, 11) is 2.45. The lowest BCUT2D eigenvalue weighted by Gasteiger charge is -2.15. The van der Waals surface area contributed by atoms with E-state index in [1.807, 2.05) is 0 Å². The lowest BCUT2D eigenvalue weighted by Crippen LogP contribution is -2.36. The predicted octanol–water partition coefficient (Wildman–Crippen LogP) is 0.0592. The first-order valence-corrected chi connectivity index (χ1v) is 5.23. The number of aliphatic carboxylic acids is 1. The number of carbonyl (C=O) groups excluding carboxylic acids is 2. The van der Waals surface area contributed by atoms with Gasteiger partial charge in [0.15, 0.2) is 0 Å². The van der Waals surface area contributed by atoms with Gasteiger partial charge in [-0.25, -0.2) is 9.59 Å². The van der Waals surface area contributed by atoms with Gasteiger partial charge in [0.05, 0.1) is 14.2 Å². The minimum atomic E-state index is -1.11. The molecule has 2 N–H and O–H groups in total. The van der Waals surface area contributed by atoms with Crippen molar-refractivity contribution < 1.29 is 29.0 Å². The topological polar surface area (TPSA) is 102 Å². The molecule has 0 amide bonds. The fourth-order valence-electron chi connectivity index (χ4n) is 1.17. The highest BCUT2D eigenvalue weighted by Crippen LogP contribution is 2.02. The molecule has 0 saturated heterocycles. The summed E-state index contributed by atoms with van der Waals surface area (Å²) in [6, 6.07) is -0.968. The first-order valence-electron chi connectivity index (χ1n) is 5.23. The van der Waals surface area contributed by atoms with E-state index in [0.29, 0.717) is 5.70 Å². The molecule has 0 fully saturated rings. The largest absolute Gasteiger partial charge is 0.480 e. The molecule has 18 heavy (non-hydrogen) atoms. The van der Waals surface area contributed by atoms with Gasteiger partial charge in [-0.15, -0.1) is 0 Å². The summed E-state index contributed by atoms with van der Waals surface area (Å²) >= 11 is 0. The summed E-state index contributed by atoms with van der Waals surface area (Å²) in [5, 5.41) is 11.6. The standard InChI is InChI=1S/C11H17NO6/c1-7(6-10(14)18-3)12-8(11(15)16)4-5-9(13)17-2/h6,8,12H,4-5H2,1-3H3,(H,15,16)/b7-6-/t8-/m0/s1. The van der Waals surface area contributed by atoms with Crippen LogP contribution < -0.4 is 5.32 Å². The van der Waals surface area contributed by atoms with Crippen LogP contribution in [0, 0.1) is 0 Å². The van der Waals surface area contributed by atoms with Crippen molar-refractivity contribution in [3.05, 3.63) is 11.8 Å². The molecule has 0 unspecified atom stereocenters. The molecule has 0 aliphatic rings. The van der Waals surface area contributed by atoms with Crippen molar-refractivity contribution in [2.75, 3.05) is 14.2 Å². The Morgan fingerprint density at radius 1 is 1.28 bits per heavy atom. The Bertz CT molecular complexity index is 349. The molecule has 0 aliphatic heterocycles. The lowest BCUT2D eigenvalue weighted by molar-refractivity contribution is -0.142. The van der Waals surface area contributed by atoms with Crippen molar-refractivity contribution in [1.29, 1.82) is 0 Å². The van der Waals surface area contributed by atoms with Gasteiger partial charge in [-0.1, -0.05) is 0 Å². The number of hydrogen-bond acceptors (Lipinski definition) is 6. The van der Waals surface area contributed by atoms with E-state index >= 15 is 0 Å². The number of hydrogen-bond donors (Lipinski definition) is 2. The zero-order valence-corrected chi connectivity index (χ0v) is 10.6. The summed E-state index contributed by atoms with van der Waals surface area (Å²) in [5.41, 5.74) is 0.346. The number of allylic oxidation sites excluding steroid dienone is 1. The van der Waals surface area contributed by atoms with E-state index in [-0.39, 0.29) is 12.8 Å². The monoisotopic (exact) mass is 259 g/mol. The Labute approximate surface area is 105 Å². The number of carboxylic acid groups (broad SMARTS) is 1. The van der Waals surface area contributed by atoms with Gasteiger partial charge in [-0.3, -0.25) is 4.79 Å². The van der Waals surface area contributed by atoms with Crippen LogP contribution in [0.15, 0.2) is 11.8 Å². The van der Waals surface area contributed by atoms with E-state index in [4.69, 9.17) is 5.11 Å². The van der Waals surface area contributed by atoms with Crippen LogP contribution in [0.3, 0.4) is 0 Å². The summed E-state index contributed by atoms with van der Waals surface area (Å²) in [6.45, 7) is 1.53. The second-order valence-corrected chi connectivity index (χ2v) is 3.50. The number of ether oxygens (including phenoxy) is 2. The molecule has 0 spiro atoms. The van der Waals surface area contributed by atoms with Crippen molar-refractivity contribution in [3.63, 3.8) is 0 Å². The third-order valence-corrected chi connectivity index (χ3v) is 2.10. The van der Waals surface area contributed by atoms with Crippen LogP contribution in [-0.2, 0) is 23.9 Å². The average molecular weight is 259 g/mol. The van der Waals surface area contributed by atoms with Crippen molar-refractivity contribution >= 4 is 17.9 Å². The van der Waals surface area contributed by atoms with Crippen molar-refractivity contribution in [3.8, 4) is 0 Å². The van der Waals surface area contributed by atoms with Gasteiger partial charge in [-0.05, 0) is 13.3 Å². The molecular weight excluding hydrogens is 242 g/mol. The highest BCUT2D eigenvalue weighted by atomic mass is 16.5. The van der Waals surface area contributed by atoms with E-state index in [1.54, 1.807) is 0 Å². The lowest BCUT2D eigenvalue weighted by atomic mass is 10.1. The minimum Gasteiger partial charge on any atom is -0.480 e. The highest BCUT2D eigenvalue weighted by molar-refractivity contribution is 5.82. The zero-order valence-electron chi connectivity index (χ0n) is 10.6. The molecule has 0 aromatic heterocycles. The summed E-state index contributed by atoms with van der Waals surface area (Å²) in [6.07, 6.45) is 1.18. The van der Waals surface area contributed by atoms with Crippen LogP contribution in [0.2, 0.25) is 0 Å². The zero-order chi connectivity index (χ0) is 14.1. The van der Waals surface area contributed by atoms with Gasteiger partial charge >= 0.3 is 17.9 Å². The molecule has 0 bridgehead atoms. The first-order chi connectivity index (χ1) is 8.40. The number of nitrogens with one attached hydrogen (secondary N) is 1. The van der Waals surface area contributed by atoms with Gasteiger partial charge in [-0.2, -0.15) is 0 Å². The molecular formula is C11H17NO6. The molecule has 0 heterocycles. The van der Waals surface area contributed by atoms with Crippen LogP contribution >= 0.6 is 0 Å². The number of carbonyl (C=O) groups is 3. The van der Waals surface area contributed by atoms with Gasteiger partial charge < -0.3 is 19.9 Å². The van der Waals surface area contributed by atoms with Gasteiger partial charge in [0, 0.05) is 18.2 Å². The first kappa shape index (κ1) is 16.0. The Kier molecular flexibility index (Phi) is 7.18. The normalized spacial score (nSPS) is 12.5.